The van der Waals surface area contributed by atoms with Gasteiger partial charge >= 0.3 is 0 Å². The third kappa shape index (κ3) is 4.03. The summed E-state index contributed by atoms with van der Waals surface area (Å²) < 4.78 is 10.2. The van der Waals surface area contributed by atoms with Crippen LogP contribution < -0.4 is 16.0 Å². The Morgan fingerprint density at radius 2 is 2.33 bits per heavy atom. The van der Waals surface area contributed by atoms with E-state index in [1.165, 1.54) is 18.4 Å². The van der Waals surface area contributed by atoms with Crippen molar-refractivity contribution in [2.75, 3.05) is 57.3 Å². The molecule has 0 saturated carbocycles. The van der Waals surface area contributed by atoms with E-state index in [1.54, 1.807) is 0 Å². The van der Waals surface area contributed by atoms with E-state index in [2.05, 4.69) is 10.3 Å². The second-order valence-electron chi connectivity index (χ2n) is 4.62. The number of nitrogen functional groups attached to an aromatic ring is 1. The van der Waals surface area contributed by atoms with Gasteiger partial charge in [-0.15, -0.1) is 0 Å². The predicted octanol–water partition coefficient (Wildman–Crippen LogP) is -0.701. The maximum atomic E-state index is 12.2. The van der Waals surface area contributed by atoms with E-state index in [0.29, 0.717) is 23.2 Å². The highest BCUT2D eigenvalue weighted by molar-refractivity contribution is 7.18. The summed E-state index contributed by atoms with van der Waals surface area (Å²) in [6.45, 7) is 2.78. The zero-order valence-corrected chi connectivity index (χ0v) is 12.7. The maximum Gasteiger partial charge on any atom is 0.265 e. The number of morpholine rings is 1. The molecule has 1 atom stereocenters. The molecule has 1 unspecified atom stereocenters. The number of thiazole rings is 1. The van der Waals surface area contributed by atoms with Crippen molar-refractivity contribution < 1.29 is 19.4 Å². The second-order valence-corrected chi connectivity index (χ2v) is 5.60. The number of anilines is 2. The number of hydrogen-bond acceptors (Lipinski definition) is 8. The number of nitrogens with zero attached hydrogens (tertiary/aromatic N) is 2. The average Bonchev–Trinajstić information content (AvgIpc) is 2.89. The van der Waals surface area contributed by atoms with Crippen LogP contribution in [0, 0.1) is 0 Å². The lowest BCUT2D eigenvalue weighted by Crippen LogP contribution is -2.40. The molecule has 1 aromatic rings. The summed E-state index contributed by atoms with van der Waals surface area (Å²) in [5.74, 6) is -0.145. The highest BCUT2D eigenvalue weighted by Gasteiger charge is 2.22. The van der Waals surface area contributed by atoms with Gasteiger partial charge in [0.1, 0.15) is 10.7 Å². The first-order valence-corrected chi connectivity index (χ1v) is 7.47. The molecule has 2 heterocycles. The summed E-state index contributed by atoms with van der Waals surface area (Å²) in [5, 5.41) is 12.6. The van der Waals surface area contributed by atoms with Crippen LogP contribution in [0.15, 0.2) is 0 Å². The Hall–Kier alpha value is -1.42. The lowest BCUT2D eigenvalue weighted by Gasteiger charge is -2.25. The van der Waals surface area contributed by atoms with Crippen LogP contribution in [0.4, 0.5) is 10.9 Å². The molecule has 21 heavy (non-hydrogen) atoms. The third-order valence-corrected chi connectivity index (χ3v) is 4.18. The molecule has 1 aromatic heterocycles. The minimum atomic E-state index is -0.462. The zero-order valence-electron chi connectivity index (χ0n) is 11.9. The van der Waals surface area contributed by atoms with Gasteiger partial charge in [-0.1, -0.05) is 11.3 Å². The van der Waals surface area contributed by atoms with Crippen molar-refractivity contribution in [3.8, 4) is 0 Å². The van der Waals surface area contributed by atoms with E-state index in [-0.39, 0.29) is 24.9 Å². The van der Waals surface area contributed by atoms with E-state index in [1.807, 2.05) is 4.90 Å². The van der Waals surface area contributed by atoms with Crippen LogP contribution in [0.25, 0.3) is 0 Å². The molecular formula is C12H20N4O4S. The van der Waals surface area contributed by atoms with Crippen molar-refractivity contribution in [3.05, 3.63) is 4.88 Å². The molecular weight excluding hydrogens is 296 g/mol. The number of nitrogens with one attached hydrogen (secondary N) is 1. The highest BCUT2D eigenvalue weighted by atomic mass is 32.1. The van der Waals surface area contributed by atoms with Crippen molar-refractivity contribution >= 4 is 28.2 Å². The Balaban J connectivity index is 2.05. The number of ether oxygens (including phenoxy) is 2. The Morgan fingerprint density at radius 3 is 2.95 bits per heavy atom. The monoisotopic (exact) mass is 316 g/mol. The molecule has 0 radical (unpaired) electrons. The van der Waals surface area contributed by atoms with Crippen LogP contribution in [0.2, 0.25) is 0 Å². The van der Waals surface area contributed by atoms with Crippen LogP contribution in [-0.2, 0) is 9.47 Å². The van der Waals surface area contributed by atoms with Crippen LogP contribution in [0.3, 0.4) is 0 Å². The molecule has 118 valence electrons. The van der Waals surface area contributed by atoms with E-state index < -0.39 is 6.04 Å². The number of aliphatic hydroxyl groups excluding tert-OH is 1. The van der Waals surface area contributed by atoms with Gasteiger partial charge in [-0.2, -0.15) is 0 Å². The Kier molecular flexibility index (Phi) is 5.74. The van der Waals surface area contributed by atoms with Crippen molar-refractivity contribution in [2.24, 2.45) is 0 Å². The first-order valence-electron chi connectivity index (χ1n) is 6.65. The van der Waals surface area contributed by atoms with Gasteiger partial charge in [0.05, 0.1) is 32.5 Å². The standard InChI is InChI=1S/C12H20N4O4S/c1-19-7-8(6-17)14-11(18)9-10(13)15-12(21-9)16-2-4-20-5-3-16/h8,17H,2-7,13H2,1H3,(H,14,18). The van der Waals surface area contributed by atoms with Gasteiger partial charge in [0.25, 0.3) is 5.91 Å². The van der Waals surface area contributed by atoms with Crippen molar-refractivity contribution in [1.82, 2.24) is 10.3 Å². The van der Waals surface area contributed by atoms with Crippen LogP contribution in [-0.4, -0.2) is 68.7 Å². The summed E-state index contributed by atoms with van der Waals surface area (Å²) in [4.78, 5) is 18.8. The van der Waals surface area contributed by atoms with Gasteiger partial charge in [-0.25, -0.2) is 4.98 Å². The van der Waals surface area contributed by atoms with Crippen LogP contribution in [0.5, 0.6) is 0 Å². The van der Waals surface area contributed by atoms with Gasteiger partial charge in [0.2, 0.25) is 0 Å². The minimum absolute atomic E-state index is 0.200. The molecule has 1 aliphatic heterocycles. The number of rotatable bonds is 6. The number of hydrogen-bond donors (Lipinski definition) is 3. The molecule has 0 aliphatic carbocycles. The molecule has 9 heteroatoms. The fourth-order valence-electron chi connectivity index (χ4n) is 1.96. The SMILES string of the molecule is COCC(CO)NC(=O)c1sc(N2CCOCC2)nc1N. The van der Waals surface area contributed by atoms with Crippen molar-refractivity contribution in [2.45, 2.75) is 6.04 Å². The molecule has 8 nitrogen and oxygen atoms in total. The summed E-state index contributed by atoms with van der Waals surface area (Å²) in [6.07, 6.45) is 0. The van der Waals surface area contributed by atoms with Crippen LogP contribution >= 0.6 is 11.3 Å². The molecule has 1 amide bonds. The zero-order chi connectivity index (χ0) is 15.2. The number of nitrogens with two attached hydrogens (primary N) is 1. The van der Waals surface area contributed by atoms with Crippen LogP contribution in [0.1, 0.15) is 9.67 Å². The first-order chi connectivity index (χ1) is 10.2. The number of carbonyl (C=O) groups is 1. The Bertz CT molecular complexity index is 476. The van der Waals surface area contributed by atoms with Crippen molar-refractivity contribution in [3.63, 3.8) is 0 Å². The van der Waals surface area contributed by atoms with Gasteiger partial charge in [0.15, 0.2) is 5.13 Å². The number of carbonyl (C=O) groups excluding carboxylic acids is 1. The fourth-order valence-corrected chi connectivity index (χ4v) is 2.90. The predicted molar refractivity (Wildman–Crippen MR) is 79.8 cm³/mol. The molecule has 2 rings (SSSR count). The number of methoxy groups -OCH3 is 1. The van der Waals surface area contributed by atoms with E-state index in [0.717, 1.165) is 13.1 Å². The lowest BCUT2D eigenvalue weighted by atomic mass is 10.3. The second kappa shape index (κ2) is 7.55. The summed E-state index contributed by atoms with van der Waals surface area (Å²) in [7, 11) is 1.51. The number of aliphatic hydroxyl groups is 1. The summed E-state index contributed by atoms with van der Waals surface area (Å²) >= 11 is 1.24. The largest absolute Gasteiger partial charge is 0.394 e. The van der Waals surface area contributed by atoms with E-state index >= 15 is 0 Å². The average molecular weight is 316 g/mol. The summed E-state index contributed by atoms with van der Waals surface area (Å²) in [5.41, 5.74) is 5.83. The Labute approximate surface area is 126 Å². The lowest BCUT2D eigenvalue weighted by molar-refractivity contribution is 0.0844. The first kappa shape index (κ1) is 16.0. The smallest absolute Gasteiger partial charge is 0.265 e. The maximum absolute atomic E-state index is 12.2. The highest BCUT2D eigenvalue weighted by Crippen LogP contribution is 2.28. The molecule has 0 aromatic carbocycles. The summed E-state index contributed by atoms with van der Waals surface area (Å²) in [6, 6.07) is -0.462. The van der Waals surface area contributed by atoms with E-state index in [9.17, 15) is 9.90 Å². The van der Waals surface area contributed by atoms with Crippen molar-refractivity contribution in [1.29, 1.82) is 0 Å². The topological polar surface area (TPSA) is 110 Å². The van der Waals surface area contributed by atoms with Gasteiger partial charge in [-0.05, 0) is 0 Å². The van der Waals surface area contributed by atoms with E-state index in [4.69, 9.17) is 15.2 Å². The quantitative estimate of drug-likeness (QED) is 0.636. The third-order valence-electron chi connectivity index (χ3n) is 3.05. The minimum Gasteiger partial charge on any atom is -0.394 e. The van der Waals surface area contributed by atoms with Gasteiger partial charge in [-0.3, -0.25) is 4.79 Å². The number of amides is 1. The molecule has 0 bridgehead atoms. The molecule has 1 saturated heterocycles. The molecule has 4 N–H and O–H groups in total. The normalized spacial score (nSPS) is 16.8. The molecule has 0 spiro atoms. The molecule has 1 aliphatic rings. The fraction of sp³-hybridized carbons (Fsp3) is 0.667. The number of aromatic nitrogens is 1. The van der Waals surface area contributed by atoms with Gasteiger partial charge in [0, 0.05) is 20.2 Å². The molecule has 1 fully saturated rings. The Morgan fingerprint density at radius 1 is 1.62 bits per heavy atom. The van der Waals surface area contributed by atoms with Gasteiger partial charge < -0.3 is 30.5 Å².